The van der Waals surface area contributed by atoms with Crippen LogP contribution in [-0.2, 0) is 21.4 Å². The molecule has 1 aliphatic rings. The van der Waals surface area contributed by atoms with Crippen molar-refractivity contribution in [3.63, 3.8) is 0 Å². The van der Waals surface area contributed by atoms with Gasteiger partial charge in [-0.05, 0) is 47.5 Å². The lowest BCUT2D eigenvalue weighted by atomic mass is 10.1. The van der Waals surface area contributed by atoms with Crippen LogP contribution >= 0.6 is 11.6 Å². The van der Waals surface area contributed by atoms with Gasteiger partial charge in [0.2, 0.25) is 10.0 Å². The van der Waals surface area contributed by atoms with E-state index in [1.54, 1.807) is 19.2 Å². The number of halogens is 1. The monoisotopic (exact) mass is 560 g/mol. The highest BCUT2D eigenvalue weighted by molar-refractivity contribution is 7.89. The van der Waals surface area contributed by atoms with Crippen molar-refractivity contribution in [3.05, 3.63) is 82.9 Å². The molecule has 1 fully saturated rings. The summed E-state index contributed by atoms with van der Waals surface area (Å²) in [4.78, 5) is 2.41. The lowest BCUT2D eigenvalue weighted by Gasteiger charge is -2.36. The lowest BCUT2D eigenvalue weighted by Crippen LogP contribution is -2.49. The third-order valence-electron chi connectivity index (χ3n) is 6.58. The van der Waals surface area contributed by atoms with Crippen molar-refractivity contribution in [2.45, 2.75) is 17.6 Å². The van der Waals surface area contributed by atoms with Crippen LogP contribution in [0.3, 0.4) is 0 Å². The summed E-state index contributed by atoms with van der Waals surface area (Å²) in [5.41, 5.74) is 2.02. The first-order chi connectivity index (χ1) is 18.3. The number of ether oxygens (including phenoxy) is 4. The summed E-state index contributed by atoms with van der Waals surface area (Å²) in [6, 6.07) is 20.1. The zero-order valence-corrected chi connectivity index (χ0v) is 23.4. The van der Waals surface area contributed by atoms with Gasteiger partial charge in [0.25, 0.3) is 0 Å². The van der Waals surface area contributed by atoms with E-state index in [9.17, 15) is 8.42 Å². The number of benzene rings is 3. The smallest absolute Gasteiger partial charge is 0.243 e. The third kappa shape index (κ3) is 6.78. The standard InChI is InChI=1S/C28H33ClN2O6S/c1-34-24-6-4-5-21(17-24)20-37-28(22-7-9-23(29)10-8-22)19-30-13-15-31(16-14-30)38(32,33)25-11-12-26(35-2)27(18-25)36-3/h4-12,17-18,28H,13-16,19-20H2,1-3H3. The number of hydrogen-bond donors (Lipinski definition) is 0. The Morgan fingerprint density at radius 2 is 1.55 bits per heavy atom. The van der Waals surface area contributed by atoms with E-state index in [1.165, 1.54) is 24.6 Å². The van der Waals surface area contributed by atoms with E-state index >= 15 is 0 Å². The Kier molecular flexibility index (Phi) is 9.51. The minimum absolute atomic E-state index is 0.185. The van der Waals surface area contributed by atoms with E-state index in [2.05, 4.69) is 4.90 Å². The van der Waals surface area contributed by atoms with Crippen LogP contribution in [0.2, 0.25) is 5.02 Å². The van der Waals surface area contributed by atoms with Crippen molar-refractivity contribution in [2.24, 2.45) is 0 Å². The molecule has 38 heavy (non-hydrogen) atoms. The van der Waals surface area contributed by atoms with Gasteiger partial charge in [-0.15, -0.1) is 0 Å². The number of sulfonamides is 1. The molecular weight excluding hydrogens is 528 g/mol. The van der Waals surface area contributed by atoms with Crippen molar-refractivity contribution in [2.75, 3.05) is 54.1 Å². The van der Waals surface area contributed by atoms with Crippen LogP contribution in [-0.4, -0.2) is 71.7 Å². The summed E-state index contributed by atoms with van der Waals surface area (Å²) in [6.07, 6.45) is -0.215. The number of hydrogen-bond acceptors (Lipinski definition) is 7. The molecule has 3 aromatic carbocycles. The Hall–Kier alpha value is -2.82. The van der Waals surface area contributed by atoms with E-state index in [4.69, 9.17) is 30.5 Å². The summed E-state index contributed by atoms with van der Waals surface area (Å²) in [7, 11) is 0.976. The van der Waals surface area contributed by atoms with Crippen molar-refractivity contribution in [3.8, 4) is 17.2 Å². The molecule has 204 valence electrons. The van der Waals surface area contributed by atoms with Gasteiger partial charge in [0, 0.05) is 43.8 Å². The SMILES string of the molecule is COc1cccc(COC(CN2CCN(S(=O)(=O)c3ccc(OC)c(OC)c3)CC2)c2ccc(Cl)cc2)c1. The first kappa shape index (κ1) is 28.2. The Bertz CT molecular complexity index is 1310. The van der Waals surface area contributed by atoms with Gasteiger partial charge in [-0.2, -0.15) is 4.31 Å². The van der Waals surface area contributed by atoms with Crippen molar-refractivity contribution in [1.29, 1.82) is 0 Å². The Balaban J connectivity index is 1.43. The van der Waals surface area contributed by atoms with Crippen molar-refractivity contribution < 1.29 is 27.4 Å². The van der Waals surface area contributed by atoms with Crippen LogP contribution in [0.4, 0.5) is 0 Å². The quantitative estimate of drug-likeness (QED) is 0.338. The van der Waals surface area contributed by atoms with Crippen LogP contribution < -0.4 is 14.2 Å². The molecule has 0 radical (unpaired) electrons. The van der Waals surface area contributed by atoms with Gasteiger partial charge in [0.05, 0.1) is 38.9 Å². The lowest BCUT2D eigenvalue weighted by molar-refractivity contribution is 0.00767. The van der Waals surface area contributed by atoms with Gasteiger partial charge in [0.15, 0.2) is 11.5 Å². The normalized spacial score (nSPS) is 15.7. The van der Waals surface area contributed by atoms with Gasteiger partial charge in [-0.1, -0.05) is 35.9 Å². The Morgan fingerprint density at radius 1 is 0.842 bits per heavy atom. The molecule has 8 nitrogen and oxygen atoms in total. The molecule has 0 N–H and O–H groups in total. The molecule has 1 heterocycles. The average Bonchev–Trinajstić information content (AvgIpc) is 2.95. The maximum Gasteiger partial charge on any atom is 0.243 e. The molecular formula is C28H33ClN2O6S. The molecule has 3 aromatic rings. The zero-order chi connectivity index (χ0) is 27.1. The van der Waals surface area contributed by atoms with Crippen LogP contribution in [0.15, 0.2) is 71.6 Å². The Morgan fingerprint density at radius 3 is 2.21 bits per heavy atom. The molecule has 0 bridgehead atoms. The number of methoxy groups -OCH3 is 3. The van der Waals surface area contributed by atoms with Crippen LogP contribution in [0, 0.1) is 0 Å². The molecule has 10 heteroatoms. The predicted molar refractivity (Wildman–Crippen MR) is 147 cm³/mol. The first-order valence-electron chi connectivity index (χ1n) is 12.3. The second-order valence-corrected chi connectivity index (χ2v) is 11.3. The number of rotatable bonds is 11. The van der Waals surface area contributed by atoms with Gasteiger partial charge in [-0.25, -0.2) is 8.42 Å². The highest BCUT2D eigenvalue weighted by Gasteiger charge is 2.30. The van der Waals surface area contributed by atoms with E-state index in [0.29, 0.717) is 55.9 Å². The zero-order valence-electron chi connectivity index (χ0n) is 21.8. The van der Waals surface area contributed by atoms with Crippen LogP contribution in [0.25, 0.3) is 0 Å². The van der Waals surface area contributed by atoms with Crippen LogP contribution in [0.1, 0.15) is 17.2 Å². The fourth-order valence-corrected chi connectivity index (χ4v) is 5.97. The van der Waals surface area contributed by atoms with Gasteiger partial charge in [0.1, 0.15) is 5.75 Å². The van der Waals surface area contributed by atoms with Crippen molar-refractivity contribution >= 4 is 21.6 Å². The Labute approximate surface area is 229 Å². The first-order valence-corrected chi connectivity index (χ1v) is 14.1. The molecule has 1 atom stereocenters. The molecule has 0 aliphatic carbocycles. The molecule has 0 spiro atoms. The summed E-state index contributed by atoms with van der Waals surface area (Å²) < 4.78 is 50.4. The minimum atomic E-state index is -3.67. The molecule has 4 rings (SSSR count). The third-order valence-corrected chi connectivity index (χ3v) is 8.72. The van der Waals surface area contributed by atoms with Gasteiger partial charge in [-0.3, -0.25) is 4.90 Å². The largest absolute Gasteiger partial charge is 0.497 e. The van der Waals surface area contributed by atoms with E-state index in [0.717, 1.165) is 16.9 Å². The van der Waals surface area contributed by atoms with E-state index in [1.807, 2.05) is 48.5 Å². The van der Waals surface area contributed by atoms with Gasteiger partial charge < -0.3 is 18.9 Å². The van der Waals surface area contributed by atoms with Crippen molar-refractivity contribution in [1.82, 2.24) is 9.21 Å². The minimum Gasteiger partial charge on any atom is -0.497 e. The second-order valence-electron chi connectivity index (χ2n) is 8.92. The molecule has 0 amide bonds. The number of piperazine rings is 1. The van der Waals surface area contributed by atoms with E-state index in [-0.39, 0.29) is 11.0 Å². The predicted octanol–water partition coefficient (Wildman–Crippen LogP) is 4.63. The average molecular weight is 561 g/mol. The summed E-state index contributed by atoms with van der Waals surface area (Å²) in [5.74, 6) is 1.64. The maximum atomic E-state index is 13.3. The fourth-order valence-electron chi connectivity index (χ4n) is 4.40. The second kappa shape index (κ2) is 12.8. The summed E-state index contributed by atoms with van der Waals surface area (Å²) in [6.45, 7) is 2.95. The number of nitrogens with zero attached hydrogens (tertiary/aromatic N) is 2. The summed E-state index contributed by atoms with van der Waals surface area (Å²) >= 11 is 6.12. The molecule has 0 aromatic heterocycles. The topological polar surface area (TPSA) is 77.5 Å². The highest BCUT2D eigenvalue weighted by atomic mass is 35.5. The fraction of sp³-hybridized carbons (Fsp3) is 0.357. The molecule has 1 unspecified atom stereocenters. The molecule has 0 saturated carbocycles. The highest BCUT2D eigenvalue weighted by Crippen LogP contribution is 2.31. The maximum absolute atomic E-state index is 13.3. The molecule has 1 saturated heterocycles. The summed E-state index contributed by atoms with van der Waals surface area (Å²) in [5, 5.41) is 0.661. The van der Waals surface area contributed by atoms with E-state index < -0.39 is 10.0 Å². The van der Waals surface area contributed by atoms with Crippen LogP contribution in [0.5, 0.6) is 17.2 Å². The van der Waals surface area contributed by atoms with Gasteiger partial charge >= 0.3 is 0 Å². The molecule has 1 aliphatic heterocycles.